The molecule has 0 radical (unpaired) electrons. The molecule has 1 aliphatic heterocycles. The van der Waals surface area contributed by atoms with Crippen LogP contribution in [0.5, 0.6) is 5.75 Å². The summed E-state index contributed by atoms with van der Waals surface area (Å²) in [5.41, 5.74) is 3.23. The predicted octanol–water partition coefficient (Wildman–Crippen LogP) is 4.54. The van der Waals surface area contributed by atoms with Gasteiger partial charge >= 0.3 is 0 Å². The molecule has 5 heteroatoms. The first-order valence-electron chi connectivity index (χ1n) is 10.9. The van der Waals surface area contributed by atoms with Crippen molar-refractivity contribution >= 4 is 11.8 Å². The number of aryl methyl sites for hydroxylation is 1. The Morgan fingerprint density at radius 2 is 1.87 bits per heavy atom. The summed E-state index contributed by atoms with van der Waals surface area (Å²) >= 11 is 0. The van der Waals surface area contributed by atoms with Gasteiger partial charge in [-0.2, -0.15) is 0 Å². The third-order valence-electron chi connectivity index (χ3n) is 5.61. The number of hydrogen-bond acceptors (Lipinski definition) is 3. The summed E-state index contributed by atoms with van der Waals surface area (Å²) in [4.78, 5) is 27.0. The Morgan fingerprint density at radius 1 is 1.17 bits per heavy atom. The summed E-state index contributed by atoms with van der Waals surface area (Å²) < 4.78 is 5.70. The summed E-state index contributed by atoms with van der Waals surface area (Å²) in [5, 5.41) is 3.08. The van der Waals surface area contributed by atoms with Crippen LogP contribution in [0, 0.1) is 6.92 Å². The molecule has 1 saturated heterocycles. The minimum atomic E-state index is -0.419. The molecule has 5 nitrogen and oxygen atoms in total. The molecule has 0 aromatic heterocycles. The van der Waals surface area contributed by atoms with Crippen LogP contribution in [0.25, 0.3) is 0 Å². The first-order valence-corrected chi connectivity index (χ1v) is 10.9. The van der Waals surface area contributed by atoms with Crippen molar-refractivity contribution in [2.45, 2.75) is 65.1 Å². The van der Waals surface area contributed by atoms with Crippen molar-refractivity contribution in [1.29, 1.82) is 0 Å². The monoisotopic (exact) mass is 408 g/mol. The second-order valence-electron chi connectivity index (χ2n) is 8.06. The van der Waals surface area contributed by atoms with E-state index in [0.717, 1.165) is 29.7 Å². The average molecular weight is 409 g/mol. The van der Waals surface area contributed by atoms with Crippen molar-refractivity contribution in [3.63, 3.8) is 0 Å². The highest BCUT2D eigenvalue weighted by atomic mass is 16.5. The van der Waals surface area contributed by atoms with E-state index < -0.39 is 6.04 Å². The van der Waals surface area contributed by atoms with Crippen molar-refractivity contribution in [2.75, 3.05) is 6.61 Å². The van der Waals surface area contributed by atoms with Gasteiger partial charge in [0.2, 0.25) is 11.8 Å². The molecule has 2 amide bonds. The van der Waals surface area contributed by atoms with Crippen LogP contribution >= 0.6 is 0 Å². The van der Waals surface area contributed by atoms with Crippen LogP contribution in [-0.2, 0) is 16.1 Å². The number of unbranched alkanes of at least 4 members (excludes halogenated alkanes) is 1. The number of ether oxygens (including phenoxy) is 1. The fraction of sp³-hybridized carbons (Fsp3) is 0.440. The van der Waals surface area contributed by atoms with E-state index in [0.29, 0.717) is 26.0 Å². The summed E-state index contributed by atoms with van der Waals surface area (Å²) in [6.07, 6.45) is 3.12. The standard InChI is InChI=1S/C25H32N2O3/c1-4-5-16-30-22-12-10-21(11-13-22)19(3)26-25(29)23-14-15-24(28)27(23)17-20-8-6-18(2)7-9-20/h6-13,19,23H,4-5,14-17H2,1-3H3,(H,26,29). The van der Waals surface area contributed by atoms with Gasteiger partial charge < -0.3 is 15.0 Å². The van der Waals surface area contributed by atoms with Crippen LogP contribution in [0.2, 0.25) is 0 Å². The maximum atomic E-state index is 12.9. The SMILES string of the molecule is CCCCOc1ccc(C(C)NC(=O)C2CCC(=O)N2Cc2ccc(C)cc2)cc1. The molecule has 1 heterocycles. The summed E-state index contributed by atoms with van der Waals surface area (Å²) in [7, 11) is 0. The largest absolute Gasteiger partial charge is 0.494 e. The van der Waals surface area contributed by atoms with Gasteiger partial charge in [0.05, 0.1) is 12.6 Å². The molecule has 2 unspecified atom stereocenters. The Balaban J connectivity index is 1.59. The number of amides is 2. The van der Waals surface area contributed by atoms with Crippen LogP contribution in [0.3, 0.4) is 0 Å². The Hall–Kier alpha value is -2.82. The van der Waals surface area contributed by atoms with Gasteiger partial charge in [0, 0.05) is 13.0 Å². The van der Waals surface area contributed by atoms with E-state index in [1.54, 1.807) is 4.90 Å². The van der Waals surface area contributed by atoms with E-state index >= 15 is 0 Å². The lowest BCUT2D eigenvalue weighted by Crippen LogP contribution is -2.45. The van der Waals surface area contributed by atoms with Crippen LogP contribution in [0.15, 0.2) is 48.5 Å². The summed E-state index contributed by atoms with van der Waals surface area (Å²) in [5.74, 6) is 0.789. The predicted molar refractivity (Wildman–Crippen MR) is 118 cm³/mol. The quantitative estimate of drug-likeness (QED) is 0.620. The molecule has 2 aromatic rings. The van der Waals surface area contributed by atoms with E-state index in [1.165, 1.54) is 5.56 Å². The van der Waals surface area contributed by atoms with Gasteiger partial charge in [-0.1, -0.05) is 55.3 Å². The Morgan fingerprint density at radius 3 is 2.53 bits per heavy atom. The zero-order valence-electron chi connectivity index (χ0n) is 18.2. The van der Waals surface area contributed by atoms with E-state index in [2.05, 4.69) is 12.2 Å². The molecule has 1 N–H and O–H groups in total. The fourth-order valence-electron chi connectivity index (χ4n) is 3.67. The number of carbonyl (C=O) groups excluding carboxylic acids is 2. The Kier molecular flexibility index (Phi) is 7.50. The molecular formula is C25H32N2O3. The second-order valence-corrected chi connectivity index (χ2v) is 8.06. The third-order valence-corrected chi connectivity index (χ3v) is 5.61. The first-order chi connectivity index (χ1) is 14.5. The van der Waals surface area contributed by atoms with Gasteiger partial charge in [-0.3, -0.25) is 9.59 Å². The number of rotatable bonds is 9. The topological polar surface area (TPSA) is 58.6 Å². The summed E-state index contributed by atoms with van der Waals surface area (Å²) in [6.45, 7) is 7.32. The number of nitrogens with zero attached hydrogens (tertiary/aromatic N) is 1. The fourth-order valence-corrected chi connectivity index (χ4v) is 3.67. The molecule has 160 valence electrons. The zero-order valence-corrected chi connectivity index (χ0v) is 18.2. The first kappa shape index (κ1) is 21.9. The van der Waals surface area contributed by atoms with Crippen LogP contribution in [-0.4, -0.2) is 29.4 Å². The Bertz CT molecular complexity index is 846. The van der Waals surface area contributed by atoms with Crippen molar-refractivity contribution in [2.24, 2.45) is 0 Å². The summed E-state index contributed by atoms with van der Waals surface area (Å²) in [6, 6.07) is 15.4. The van der Waals surface area contributed by atoms with Crippen molar-refractivity contribution < 1.29 is 14.3 Å². The molecule has 2 atom stereocenters. The van der Waals surface area contributed by atoms with Gasteiger partial charge in [-0.15, -0.1) is 0 Å². The highest BCUT2D eigenvalue weighted by molar-refractivity contribution is 5.91. The highest BCUT2D eigenvalue weighted by Gasteiger charge is 2.36. The highest BCUT2D eigenvalue weighted by Crippen LogP contribution is 2.24. The minimum Gasteiger partial charge on any atom is -0.494 e. The zero-order chi connectivity index (χ0) is 21.5. The number of likely N-dealkylation sites (tertiary alicyclic amines) is 1. The lowest BCUT2D eigenvalue weighted by Gasteiger charge is -2.26. The molecular weight excluding hydrogens is 376 g/mol. The maximum Gasteiger partial charge on any atom is 0.243 e. The molecule has 30 heavy (non-hydrogen) atoms. The second kappa shape index (κ2) is 10.3. The lowest BCUT2D eigenvalue weighted by molar-refractivity contribution is -0.136. The van der Waals surface area contributed by atoms with E-state index in [1.807, 2.05) is 62.4 Å². The maximum absolute atomic E-state index is 12.9. The molecule has 1 aliphatic rings. The van der Waals surface area contributed by atoms with Crippen molar-refractivity contribution in [1.82, 2.24) is 10.2 Å². The minimum absolute atomic E-state index is 0.0389. The van der Waals surface area contributed by atoms with E-state index in [-0.39, 0.29) is 17.9 Å². The molecule has 0 saturated carbocycles. The van der Waals surface area contributed by atoms with Crippen molar-refractivity contribution in [3.05, 3.63) is 65.2 Å². The normalized spacial score (nSPS) is 17.1. The number of benzene rings is 2. The van der Waals surface area contributed by atoms with Gasteiger partial charge in [-0.25, -0.2) is 0 Å². The van der Waals surface area contributed by atoms with Gasteiger partial charge in [0.1, 0.15) is 11.8 Å². The third kappa shape index (κ3) is 5.62. The lowest BCUT2D eigenvalue weighted by atomic mass is 10.1. The van der Waals surface area contributed by atoms with E-state index in [9.17, 15) is 9.59 Å². The van der Waals surface area contributed by atoms with Crippen molar-refractivity contribution in [3.8, 4) is 5.75 Å². The smallest absolute Gasteiger partial charge is 0.243 e. The van der Waals surface area contributed by atoms with Crippen LogP contribution in [0.1, 0.15) is 62.3 Å². The molecule has 0 bridgehead atoms. The van der Waals surface area contributed by atoms with Crippen LogP contribution < -0.4 is 10.1 Å². The average Bonchev–Trinajstić information content (AvgIpc) is 3.10. The number of hydrogen-bond donors (Lipinski definition) is 1. The molecule has 2 aromatic carbocycles. The molecule has 3 rings (SSSR count). The number of nitrogens with one attached hydrogen (secondary N) is 1. The van der Waals surface area contributed by atoms with E-state index in [4.69, 9.17) is 4.74 Å². The Labute approximate surface area is 179 Å². The van der Waals surface area contributed by atoms with Gasteiger partial charge in [-0.05, 0) is 49.9 Å². The van der Waals surface area contributed by atoms with Gasteiger partial charge in [0.15, 0.2) is 0 Å². The molecule has 0 aliphatic carbocycles. The number of carbonyl (C=O) groups is 2. The van der Waals surface area contributed by atoms with Gasteiger partial charge in [0.25, 0.3) is 0 Å². The molecule has 0 spiro atoms. The molecule has 1 fully saturated rings. The van der Waals surface area contributed by atoms with Crippen LogP contribution in [0.4, 0.5) is 0 Å².